The Balaban J connectivity index is 1.57. The first-order valence-corrected chi connectivity index (χ1v) is 9.51. The molecule has 1 aliphatic heterocycles. The number of amides is 1. The zero-order valence-electron chi connectivity index (χ0n) is 13.6. The second-order valence-corrected chi connectivity index (χ2v) is 7.95. The fourth-order valence-electron chi connectivity index (χ4n) is 2.98. The van der Waals surface area contributed by atoms with Gasteiger partial charge in [-0.25, -0.2) is 4.98 Å². The van der Waals surface area contributed by atoms with E-state index in [2.05, 4.69) is 14.9 Å². The highest BCUT2D eigenvalue weighted by molar-refractivity contribution is 7.17. The Morgan fingerprint density at radius 2 is 2.04 bits per heavy atom. The van der Waals surface area contributed by atoms with Crippen LogP contribution in [0.2, 0.25) is 10.0 Å². The predicted molar refractivity (Wildman–Crippen MR) is 100 cm³/mol. The molecule has 0 radical (unpaired) electrons. The number of H-pyrrole nitrogens is 1. The molecule has 25 heavy (non-hydrogen) atoms. The van der Waals surface area contributed by atoms with Crippen molar-refractivity contribution in [3.05, 3.63) is 32.5 Å². The number of aromatic nitrogens is 2. The average Bonchev–Trinajstić information content (AvgIpc) is 3.17. The lowest BCUT2D eigenvalue weighted by molar-refractivity contribution is 0.0949. The van der Waals surface area contributed by atoms with Crippen LogP contribution < -0.4 is 10.6 Å². The SMILES string of the molecule is Cc1[nH]c(C(=O)CC2CCN(c3ncc(C(N)=O)s3)CC2)c(Cl)c1Cl. The van der Waals surface area contributed by atoms with E-state index in [0.717, 1.165) is 31.1 Å². The molecule has 0 bridgehead atoms. The molecule has 3 heterocycles. The van der Waals surface area contributed by atoms with Crippen molar-refractivity contribution in [3.63, 3.8) is 0 Å². The minimum Gasteiger partial charge on any atom is -0.365 e. The van der Waals surface area contributed by atoms with Gasteiger partial charge in [0.25, 0.3) is 5.91 Å². The number of hydrogen-bond acceptors (Lipinski definition) is 5. The van der Waals surface area contributed by atoms with E-state index in [9.17, 15) is 9.59 Å². The number of nitrogens with one attached hydrogen (secondary N) is 1. The van der Waals surface area contributed by atoms with Crippen molar-refractivity contribution in [2.75, 3.05) is 18.0 Å². The molecule has 1 saturated heterocycles. The molecule has 0 unspecified atom stereocenters. The Morgan fingerprint density at radius 1 is 1.36 bits per heavy atom. The molecule has 3 rings (SSSR count). The number of piperidine rings is 1. The zero-order chi connectivity index (χ0) is 18.1. The predicted octanol–water partition coefficient (Wildman–Crippen LogP) is 3.67. The maximum atomic E-state index is 12.5. The molecule has 2 aromatic heterocycles. The third kappa shape index (κ3) is 3.83. The first-order chi connectivity index (χ1) is 11.9. The standard InChI is InChI=1S/C16H18Cl2N4O2S/c1-8-12(17)13(18)14(21-8)10(23)6-9-2-4-22(5-3-9)16-20-7-11(25-16)15(19)24/h7,9,21H,2-6H2,1H3,(H2,19,24). The topological polar surface area (TPSA) is 92.1 Å². The van der Waals surface area contributed by atoms with Crippen molar-refractivity contribution in [1.82, 2.24) is 9.97 Å². The lowest BCUT2D eigenvalue weighted by Crippen LogP contribution is -2.34. The molecule has 2 aromatic rings. The first kappa shape index (κ1) is 18.2. The Morgan fingerprint density at radius 3 is 2.56 bits per heavy atom. The van der Waals surface area contributed by atoms with E-state index in [-0.39, 0.29) is 11.7 Å². The van der Waals surface area contributed by atoms with E-state index in [1.165, 1.54) is 17.5 Å². The Hall–Kier alpha value is -1.57. The number of halogens is 2. The van der Waals surface area contributed by atoms with Gasteiger partial charge in [-0.2, -0.15) is 0 Å². The summed E-state index contributed by atoms with van der Waals surface area (Å²) in [5.74, 6) is -0.178. The molecular formula is C16H18Cl2N4O2S. The molecule has 6 nitrogen and oxygen atoms in total. The molecule has 1 fully saturated rings. The maximum Gasteiger partial charge on any atom is 0.260 e. The highest BCUT2D eigenvalue weighted by atomic mass is 35.5. The number of nitrogens with zero attached hydrogens (tertiary/aromatic N) is 2. The van der Waals surface area contributed by atoms with Gasteiger partial charge in [-0.05, 0) is 25.7 Å². The number of rotatable bonds is 5. The molecule has 9 heteroatoms. The molecule has 1 amide bonds. The fraction of sp³-hybridized carbons (Fsp3) is 0.438. The summed E-state index contributed by atoms with van der Waals surface area (Å²) in [4.78, 5) is 33.5. The van der Waals surface area contributed by atoms with Gasteiger partial charge in [0.1, 0.15) is 10.6 Å². The molecule has 3 N–H and O–H groups in total. The van der Waals surface area contributed by atoms with Crippen molar-refractivity contribution < 1.29 is 9.59 Å². The molecule has 0 saturated carbocycles. The van der Waals surface area contributed by atoms with Gasteiger partial charge in [-0.15, -0.1) is 0 Å². The van der Waals surface area contributed by atoms with Gasteiger partial charge in [-0.3, -0.25) is 9.59 Å². The summed E-state index contributed by atoms with van der Waals surface area (Å²) in [6.45, 7) is 3.38. The van der Waals surface area contributed by atoms with Gasteiger partial charge in [0.2, 0.25) is 0 Å². The van der Waals surface area contributed by atoms with Gasteiger partial charge in [0, 0.05) is 25.2 Å². The van der Waals surface area contributed by atoms with Crippen LogP contribution in [0, 0.1) is 12.8 Å². The summed E-state index contributed by atoms with van der Waals surface area (Å²) in [6, 6.07) is 0. The summed E-state index contributed by atoms with van der Waals surface area (Å²) in [6.07, 6.45) is 3.70. The lowest BCUT2D eigenvalue weighted by atomic mass is 9.91. The number of ketones is 1. The minimum atomic E-state index is -0.457. The van der Waals surface area contributed by atoms with E-state index in [1.807, 2.05) is 0 Å². The van der Waals surface area contributed by atoms with Crippen molar-refractivity contribution in [3.8, 4) is 0 Å². The van der Waals surface area contributed by atoms with Crippen LogP contribution in [0.4, 0.5) is 5.13 Å². The average molecular weight is 401 g/mol. The van der Waals surface area contributed by atoms with Gasteiger partial charge >= 0.3 is 0 Å². The molecule has 0 spiro atoms. The van der Waals surface area contributed by atoms with Crippen LogP contribution in [-0.2, 0) is 0 Å². The van der Waals surface area contributed by atoms with E-state index < -0.39 is 5.91 Å². The lowest BCUT2D eigenvalue weighted by Gasteiger charge is -2.31. The van der Waals surface area contributed by atoms with Gasteiger partial charge in [-0.1, -0.05) is 34.5 Å². The van der Waals surface area contributed by atoms with Crippen LogP contribution in [0.25, 0.3) is 0 Å². The third-order valence-electron chi connectivity index (χ3n) is 4.43. The third-order valence-corrected chi connectivity index (χ3v) is 6.45. The fourth-order valence-corrected chi connectivity index (χ4v) is 4.24. The number of thiazole rings is 1. The molecular weight excluding hydrogens is 383 g/mol. The van der Waals surface area contributed by atoms with Crippen LogP contribution in [-0.4, -0.2) is 34.7 Å². The van der Waals surface area contributed by atoms with Crippen molar-refractivity contribution in [1.29, 1.82) is 0 Å². The number of anilines is 1. The van der Waals surface area contributed by atoms with E-state index in [0.29, 0.717) is 32.7 Å². The number of aryl methyl sites for hydroxylation is 1. The Labute approximate surface area is 159 Å². The molecule has 134 valence electrons. The number of Topliss-reactive ketones (excluding diaryl/α,β-unsaturated/α-hetero) is 1. The van der Waals surface area contributed by atoms with Crippen molar-refractivity contribution in [2.45, 2.75) is 26.2 Å². The van der Waals surface area contributed by atoms with Gasteiger partial charge < -0.3 is 15.6 Å². The Kier molecular flexibility index (Phi) is 5.36. The van der Waals surface area contributed by atoms with E-state index >= 15 is 0 Å². The van der Waals surface area contributed by atoms with Crippen LogP contribution >= 0.6 is 34.5 Å². The quantitative estimate of drug-likeness (QED) is 0.748. The summed E-state index contributed by atoms with van der Waals surface area (Å²) in [7, 11) is 0. The van der Waals surface area contributed by atoms with Crippen LogP contribution in [0.15, 0.2) is 6.20 Å². The summed E-state index contributed by atoms with van der Waals surface area (Å²) >= 11 is 13.5. The smallest absolute Gasteiger partial charge is 0.260 e. The Bertz CT molecular complexity index is 809. The number of primary amides is 1. The van der Waals surface area contributed by atoms with Gasteiger partial charge in [0.05, 0.1) is 16.2 Å². The first-order valence-electron chi connectivity index (χ1n) is 7.94. The van der Waals surface area contributed by atoms with Crippen LogP contribution in [0.1, 0.15) is 45.1 Å². The highest BCUT2D eigenvalue weighted by Crippen LogP contribution is 2.32. The summed E-state index contributed by atoms with van der Waals surface area (Å²) in [5, 5.41) is 1.52. The largest absolute Gasteiger partial charge is 0.365 e. The van der Waals surface area contributed by atoms with Gasteiger partial charge in [0.15, 0.2) is 10.9 Å². The maximum absolute atomic E-state index is 12.5. The second-order valence-electron chi connectivity index (χ2n) is 6.18. The number of carbonyl (C=O) groups is 2. The second kappa shape index (κ2) is 7.35. The van der Waals surface area contributed by atoms with E-state index in [1.54, 1.807) is 6.92 Å². The number of hydrogen-bond donors (Lipinski definition) is 2. The van der Waals surface area contributed by atoms with Crippen LogP contribution in [0.5, 0.6) is 0 Å². The number of nitrogens with two attached hydrogens (primary N) is 1. The molecule has 0 atom stereocenters. The minimum absolute atomic E-state index is 0.0105. The number of aromatic amines is 1. The molecule has 1 aliphatic rings. The highest BCUT2D eigenvalue weighted by Gasteiger charge is 2.26. The molecule has 0 aliphatic carbocycles. The summed E-state index contributed by atoms with van der Waals surface area (Å²) < 4.78 is 0. The zero-order valence-corrected chi connectivity index (χ0v) is 16.0. The van der Waals surface area contributed by atoms with Crippen molar-refractivity contribution in [2.24, 2.45) is 11.7 Å². The summed E-state index contributed by atoms with van der Waals surface area (Å²) in [5.41, 5.74) is 6.37. The molecule has 0 aromatic carbocycles. The normalized spacial score (nSPS) is 15.6. The van der Waals surface area contributed by atoms with Crippen LogP contribution in [0.3, 0.4) is 0 Å². The number of carbonyl (C=O) groups excluding carboxylic acids is 2. The van der Waals surface area contributed by atoms with E-state index in [4.69, 9.17) is 28.9 Å². The van der Waals surface area contributed by atoms with Crippen molar-refractivity contribution >= 4 is 51.4 Å². The monoisotopic (exact) mass is 400 g/mol.